The molecule has 0 radical (unpaired) electrons. The number of thiophene rings is 1. The number of halogens is 1. The Balaban J connectivity index is 1.88. The van der Waals surface area contributed by atoms with Crippen LogP contribution in [0.4, 0.5) is 16.2 Å². The fraction of sp³-hybridized carbons (Fsp3) is 0.0833. The summed E-state index contributed by atoms with van der Waals surface area (Å²) in [6.45, 7) is 0.414. The van der Waals surface area contributed by atoms with Crippen molar-refractivity contribution in [3.05, 3.63) is 55.2 Å². The number of carbonyl (C=O) groups is 1. The molecule has 0 saturated carbocycles. The molecule has 0 atom stereocenters. The third-order valence-electron chi connectivity index (χ3n) is 2.44. The summed E-state index contributed by atoms with van der Waals surface area (Å²) < 4.78 is 0.957. The summed E-state index contributed by atoms with van der Waals surface area (Å²) in [6, 6.07) is 7.20. The van der Waals surface area contributed by atoms with E-state index in [4.69, 9.17) is 0 Å². The number of carbonyl (C=O) groups excluding carboxylic acids is 1. The number of nitrogens with one attached hydrogen (secondary N) is 2. The van der Waals surface area contributed by atoms with E-state index in [1.165, 1.54) is 35.6 Å². The van der Waals surface area contributed by atoms with Gasteiger partial charge in [-0.3, -0.25) is 10.1 Å². The molecule has 0 bridgehead atoms. The van der Waals surface area contributed by atoms with Gasteiger partial charge in [0, 0.05) is 27.2 Å². The Morgan fingerprint density at radius 1 is 1.30 bits per heavy atom. The van der Waals surface area contributed by atoms with E-state index < -0.39 is 4.92 Å². The lowest BCUT2D eigenvalue weighted by Gasteiger charge is -2.06. The minimum atomic E-state index is -0.488. The summed E-state index contributed by atoms with van der Waals surface area (Å²) in [5.74, 6) is 0. The van der Waals surface area contributed by atoms with Gasteiger partial charge in [0.2, 0.25) is 0 Å². The average molecular weight is 356 g/mol. The van der Waals surface area contributed by atoms with Crippen molar-refractivity contribution >= 4 is 44.7 Å². The first kappa shape index (κ1) is 14.5. The van der Waals surface area contributed by atoms with Crippen molar-refractivity contribution in [2.75, 3.05) is 5.32 Å². The van der Waals surface area contributed by atoms with Gasteiger partial charge in [0.25, 0.3) is 5.69 Å². The molecular weight excluding hydrogens is 346 g/mol. The van der Waals surface area contributed by atoms with Crippen molar-refractivity contribution in [2.24, 2.45) is 0 Å². The fourth-order valence-corrected chi connectivity index (χ4v) is 2.89. The summed E-state index contributed by atoms with van der Waals surface area (Å²) in [6.07, 6.45) is 0. The molecular formula is C12H10BrN3O3S. The van der Waals surface area contributed by atoms with Crippen molar-refractivity contribution in [1.82, 2.24) is 5.32 Å². The van der Waals surface area contributed by atoms with Crippen LogP contribution in [0.15, 0.2) is 40.2 Å². The standard InChI is InChI=1S/C12H10BrN3O3S/c13-10-5-6-20-11(10)7-14-12(17)15-8-1-3-9(4-2-8)16(18)19/h1-6H,7H2,(H2,14,15,17). The lowest BCUT2D eigenvalue weighted by atomic mass is 10.3. The molecule has 0 fully saturated rings. The monoisotopic (exact) mass is 355 g/mol. The Morgan fingerprint density at radius 2 is 2.00 bits per heavy atom. The first-order chi connectivity index (χ1) is 9.56. The number of rotatable bonds is 4. The normalized spacial score (nSPS) is 10.1. The van der Waals surface area contributed by atoms with Gasteiger partial charge >= 0.3 is 6.03 Å². The second-order valence-corrected chi connectivity index (χ2v) is 5.66. The molecule has 2 aromatic rings. The van der Waals surface area contributed by atoms with Gasteiger partial charge in [-0.2, -0.15) is 0 Å². The van der Waals surface area contributed by atoms with E-state index in [0.29, 0.717) is 12.2 Å². The highest BCUT2D eigenvalue weighted by Crippen LogP contribution is 2.22. The van der Waals surface area contributed by atoms with Crippen LogP contribution in [-0.2, 0) is 6.54 Å². The molecule has 104 valence electrons. The number of hydrogen-bond acceptors (Lipinski definition) is 4. The topological polar surface area (TPSA) is 84.3 Å². The number of hydrogen-bond donors (Lipinski definition) is 2. The SMILES string of the molecule is O=C(NCc1sccc1Br)Nc1ccc([N+](=O)[O-])cc1. The smallest absolute Gasteiger partial charge is 0.319 e. The van der Waals surface area contributed by atoms with E-state index >= 15 is 0 Å². The van der Waals surface area contributed by atoms with Gasteiger partial charge in [-0.1, -0.05) is 0 Å². The average Bonchev–Trinajstić information content (AvgIpc) is 2.82. The maximum Gasteiger partial charge on any atom is 0.319 e. The van der Waals surface area contributed by atoms with E-state index in [1.807, 2.05) is 11.4 Å². The minimum Gasteiger partial charge on any atom is -0.333 e. The van der Waals surface area contributed by atoms with Crippen LogP contribution in [0.5, 0.6) is 0 Å². The molecule has 0 aliphatic carbocycles. The molecule has 0 spiro atoms. The molecule has 20 heavy (non-hydrogen) atoms. The molecule has 0 aliphatic heterocycles. The molecule has 0 saturated heterocycles. The number of non-ortho nitro benzene ring substituents is 1. The maximum atomic E-state index is 11.7. The predicted molar refractivity (Wildman–Crippen MR) is 81.0 cm³/mol. The lowest BCUT2D eigenvalue weighted by Crippen LogP contribution is -2.27. The van der Waals surface area contributed by atoms with Gasteiger partial charge in [-0.15, -0.1) is 11.3 Å². The first-order valence-corrected chi connectivity index (χ1v) is 7.24. The quantitative estimate of drug-likeness (QED) is 0.647. The Morgan fingerprint density at radius 3 is 2.55 bits per heavy atom. The zero-order valence-electron chi connectivity index (χ0n) is 10.1. The fourth-order valence-electron chi connectivity index (χ4n) is 1.45. The van der Waals surface area contributed by atoms with Crippen LogP contribution in [0.3, 0.4) is 0 Å². The summed E-state index contributed by atoms with van der Waals surface area (Å²) in [7, 11) is 0. The minimum absolute atomic E-state index is 0.0153. The zero-order valence-corrected chi connectivity index (χ0v) is 12.5. The highest BCUT2D eigenvalue weighted by molar-refractivity contribution is 9.10. The van der Waals surface area contributed by atoms with E-state index in [2.05, 4.69) is 26.6 Å². The zero-order chi connectivity index (χ0) is 14.5. The predicted octanol–water partition coefficient (Wildman–Crippen LogP) is 3.74. The van der Waals surface area contributed by atoms with Crippen molar-refractivity contribution in [1.29, 1.82) is 0 Å². The highest BCUT2D eigenvalue weighted by atomic mass is 79.9. The number of nitro benzene ring substituents is 1. The van der Waals surface area contributed by atoms with Crippen LogP contribution in [-0.4, -0.2) is 11.0 Å². The summed E-state index contributed by atoms with van der Waals surface area (Å²) in [5.41, 5.74) is 0.483. The Bertz CT molecular complexity index is 627. The van der Waals surface area contributed by atoms with E-state index in [-0.39, 0.29) is 11.7 Å². The largest absolute Gasteiger partial charge is 0.333 e. The molecule has 6 nitrogen and oxygen atoms in total. The Hall–Kier alpha value is -1.93. The molecule has 0 unspecified atom stereocenters. The second-order valence-electron chi connectivity index (χ2n) is 3.80. The second kappa shape index (κ2) is 6.49. The van der Waals surface area contributed by atoms with Crippen LogP contribution in [0.25, 0.3) is 0 Å². The maximum absolute atomic E-state index is 11.7. The number of nitro groups is 1. The van der Waals surface area contributed by atoms with Gasteiger partial charge in [-0.25, -0.2) is 4.79 Å². The van der Waals surface area contributed by atoms with Gasteiger partial charge in [0.15, 0.2) is 0 Å². The number of urea groups is 1. The number of nitrogens with zero attached hydrogens (tertiary/aromatic N) is 1. The van der Waals surface area contributed by atoms with Gasteiger partial charge in [0.1, 0.15) is 0 Å². The van der Waals surface area contributed by atoms with Gasteiger partial charge in [0.05, 0.1) is 11.5 Å². The van der Waals surface area contributed by atoms with Gasteiger partial charge in [-0.05, 0) is 39.5 Å². The lowest BCUT2D eigenvalue weighted by molar-refractivity contribution is -0.384. The Kier molecular flexibility index (Phi) is 4.70. The third kappa shape index (κ3) is 3.78. The molecule has 2 amide bonds. The third-order valence-corrected chi connectivity index (χ3v) is 4.36. The van der Waals surface area contributed by atoms with Crippen LogP contribution in [0.1, 0.15) is 4.88 Å². The van der Waals surface area contributed by atoms with Crippen molar-refractivity contribution in [2.45, 2.75) is 6.54 Å². The van der Waals surface area contributed by atoms with Crippen molar-refractivity contribution in [3.63, 3.8) is 0 Å². The van der Waals surface area contributed by atoms with Crippen LogP contribution in [0, 0.1) is 10.1 Å². The molecule has 8 heteroatoms. The summed E-state index contributed by atoms with van der Waals surface area (Å²) in [4.78, 5) is 22.7. The summed E-state index contributed by atoms with van der Waals surface area (Å²) >= 11 is 4.92. The van der Waals surface area contributed by atoms with Crippen molar-refractivity contribution in [3.8, 4) is 0 Å². The number of anilines is 1. The molecule has 2 N–H and O–H groups in total. The summed E-state index contributed by atoms with van der Waals surface area (Å²) in [5, 5.41) is 17.7. The number of benzene rings is 1. The number of amides is 2. The molecule has 1 aromatic heterocycles. The molecule has 0 aliphatic rings. The van der Waals surface area contributed by atoms with Crippen LogP contribution >= 0.6 is 27.3 Å². The van der Waals surface area contributed by atoms with Gasteiger partial charge < -0.3 is 10.6 Å². The van der Waals surface area contributed by atoms with Crippen molar-refractivity contribution < 1.29 is 9.72 Å². The van der Waals surface area contributed by atoms with Crippen LogP contribution < -0.4 is 10.6 Å². The molecule has 1 heterocycles. The van der Waals surface area contributed by atoms with Crippen LogP contribution in [0.2, 0.25) is 0 Å². The molecule has 1 aromatic carbocycles. The Labute approximate surface area is 127 Å². The first-order valence-electron chi connectivity index (χ1n) is 5.57. The molecule has 2 rings (SSSR count). The van der Waals surface area contributed by atoms with E-state index in [9.17, 15) is 14.9 Å². The van der Waals surface area contributed by atoms with E-state index in [0.717, 1.165) is 9.35 Å². The highest BCUT2D eigenvalue weighted by Gasteiger charge is 2.07. The van der Waals surface area contributed by atoms with E-state index in [1.54, 1.807) is 0 Å².